The summed E-state index contributed by atoms with van der Waals surface area (Å²) in [5.74, 6) is -1.64. The Balaban J connectivity index is -0.000000242. The number of nitrogens with two attached hydrogens (primary N) is 2. The van der Waals surface area contributed by atoms with Gasteiger partial charge in [0.05, 0.1) is 0 Å². The Kier molecular flexibility index (Phi) is 15.3. The third-order valence-corrected chi connectivity index (χ3v) is 1.60. The molecule has 0 saturated carbocycles. The van der Waals surface area contributed by atoms with Crippen LogP contribution >= 0.6 is 12.4 Å². The Labute approximate surface area is 102 Å². The number of primary amides is 1. The van der Waals surface area contributed by atoms with Gasteiger partial charge in [-0.1, -0.05) is 11.6 Å². The molecule has 96 valence electrons. The Morgan fingerprint density at radius 3 is 1.94 bits per heavy atom. The average molecular weight is 253 g/mol. The maximum absolute atomic E-state index is 10.1. The summed E-state index contributed by atoms with van der Waals surface area (Å²) in [5.41, 5.74) is 11.2. The van der Waals surface area contributed by atoms with E-state index < -0.39 is 17.9 Å². The quantitative estimate of drug-likeness (QED) is 0.650. The number of amides is 1. The van der Waals surface area contributed by atoms with E-state index in [2.05, 4.69) is 19.9 Å². The lowest BCUT2D eigenvalue weighted by atomic mass is 10.2. The van der Waals surface area contributed by atoms with Crippen LogP contribution in [0.25, 0.3) is 0 Å². The second-order valence-electron chi connectivity index (χ2n) is 3.32. The van der Waals surface area contributed by atoms with Crippen molar-refractivity contribution < 1.29 is 14.7 Å². The van der Waals surface area contributed by atoms with Crippen LogP contribution in [-0.4, -0.2) is 23.0 Å². The molecular weight excluding hydrogens is 232 g/mol. The van der Waals surface area contributed by atoms with Crippen LogP contribution in [0.1, 0.15) is 33.6 Å². The summed E-state index contributed by atoms with van der Waals surface area (Å²) in [6.07, 6.45) is 2.21. The zero-order valence-corrected chi connectivity index (χ0v) is 10.7. The lowest BCUT2D eigenvalue weighted by molar-refractivity contribution is -0.138. The molecule has 0 unspecified atom stereocenters. The zero-order valence-electron chi connectivity index (χ0n) is 9.90. The Morgan fingerprint density at radius 1 is 1.38 bits per heavy atom. The molecular formula is C10H21ClN2O3. The molecule has 6 heteroatoms. The number of rotatable bonds is 4. The molecule has 1 atom stereocenters. The summed E-state index contributed by atoms with van der Waals surface area (Å²) < 4.78 is 0. The van der Waals surface area contributed by atoms with E-state index in [0.29, 0.717) is 0 Å². The molecule has 0 aromatic heterocycles. The van der Waals surface area contributed by atoms with Gasteiger partial charge in [-0.15, -0.1) is 12.4 Å². The van der Waals surface area contributed by atoms with Crippen LogP contribution in [-0.2, 0) is 9.59 Å². The third-order valence-electron chi connectivity index (χ3n) is 1.60. The number of carboxylic acid groups (broad SMARTS) is 1. The standard InChI is InChI=1S/C5H10N2O3.C5H10.ClH/c6-3(5(9)10)1-2-4(7)8;1-4-5(2)3;/h3H,1-2,6H2,(H2,7,8)(H,9,10);4H,1-3H3;1H/t3-;;/m0../s1. The number of carbonyl (C=O) groups excluding carboxylic acids is 1. The summed E-state index contributed by atoms with van der Waals surface area (Å²) in [5, 5.41) is 8.22. The first-order chi connectivity index (χ1) is 6.81. The van der Waals surface area contributed by atoms with Gasteiger partial charge in [-0.2, -0.15) is 0 Å². The molecule has 16 heavy (non-hydrogen) atoms. The number of hydrogen-bond acceptors (Lipinski definition) is 3. The summed E-state index contributed by atoms with van der Waals surface area (Å²) in [7, 11) is 0. The monoisotopic (exact) mass is 252 g/mol. The van der Waals surface area contributed by atoms with Crippen molar-refractivity contribution in [1.29, 1.82) is 0 Å². The van der Waals surface area contributed by atoms with E-state index in [4.69, 9.17) is 16.6 Å². The Hall–Kier alpha value is -1.07. The van der Waals surface area contributed by atoms with Gasteiger partial charge in [0.25, 0.3) is 0 Å². The predicted octanol–water partition coefficient (Wildman–Crippen LogP) is 1.06. The number of aliphatic carboxylic acids is 1. The molecule has 0 aliphatic rings. The van der Waals surface area contributed by atoms with Crippen LogP contribution < -0.4 is 11.5 Å². The first-order valence-corrected chi connectivity index (χ1v) is 4.67. The number of hydrogen-bond donors (Lipinski definition) is 3. The zero-order chi connectivity index (χ0) is 12.4. The second kappa shape index (κ2) is 12.0. The maximum atomic E-state index is 10.1. The van der Waals surface area contributed by atoms with Gasteiger partial charge in [0, 0.05) is 6.42 Å². The van der Waals surface area contributed by atoms with Crippen LogP contribution in [0.15, 0.2) is 11.6 Å². The molecule has 1 amide bonds. The van der Waals surface area contributed by atoms with Crippen LogP contribution in [0.5, 0.6) is 0 Å². The second-order valence-corrected chi connectivity index (χ2v) is 3.32. The molecule has 5 nitrogen and oxygen atoms in total. The van der Waals surface area contributed by atoms with Crippen molar-refractivity contribution in [3.8, 4) is 0 Å². The molecule has 0 aliphatic heterocycles. The maximum Gasteiger partial charge on any atom is 0.320 e. The molecule has 0 fully saturated rings. The van der Waals surface area contributed by atoms with Crippen molar-refractivity contribution in [1.82, 2.24) is 0 Å². The highest BCUT2D eigenvalue weighted by Crippen LogP contribution is 1.92. The Morgan fingerprint density at radius 2 is 1.75 bits per heavy atom. The highest BCUT2D eigenvalue weighted by Gasteiger charge is 2.11. The van der Waals surface area contributed by atoms with Crippen LogP contribution in [0.3, 0.4) is 0 Å². The Bertz CT molecular complexity index is 238. The van der Waals surface area contributed by atoms with Crippen LogP contribution in [0.2, 0.25) is 0 Å². The lowest BCUT2D eigenvalue weighted by Crippen LogP contribution is -2.31. The summed E-state index contributed by atoms with van der Waals surface area (Å²) in [6, 6.07) is -0.979. The number of allylic oxidation sites excluding steroid dienone is 2. The summed E-state index contributed by atoms with van der Waals surface area (Å²) in [6.45, 7) is 6.20. The van der Waals surface area contributed by atoms with Crippen molar-refractivity contribution >= 4 is 24.3 Å². The molecule has 0 spiro atoms. The highest BCUT2D eigenvalue weighted by molar-refractivity contribution is 5.85. The van der Waals surface area contributed by atoms with Gasteiger partial charge in [-0.25, -0.2) is 0 Å². The number of carbonyl (C=O) groups is 2. The van der Waals surface area contributed by atoms with Gasteiger partial charge >= 0.3 is 5.97 Å². The van der Waals surface area contributed by atoms with E-state index in [9.17, 15) is 9.59 Å². The van der Waals surface area contributed by atoms with Gasteiger partial charge in [-0.05, 0) is 27.2 Å². The topological polar surface area (TPSA) is 106 Å². The van der Waals surface area contributed by atoms with Gasteiger partial charge in [-0.3, -0.25) is 9.59 Å². The minimum Gasteiger partial charge on any atom is -0.480 e. The van der Waals surface area contributed by atoms with E-state index in [1.165, 1.54) is 5.57 Å². The largest absolute Gasteiger partial charge is 0.480 e. The molecule has 0 bridgehead atoms. The summed E-state index contributed by atoms with van der Waals surface area (Å²) in [4.78, 5) is 20.1. The molecule has 0 rings (SSSR count). The average Bonchev–Trinajstić information content (AvgIpc) is 2.14. The van der Waals surface area contributed by atoms with E-state index in [1.807, 2.05) is 6.92 Å². The van der Waals surface area contributed by atoms with Crippen molar-refractivity contribution in [2.45, 2.75) is 39.7 Å². The molecule has 0 aromatic carbocycles. The van der Waals surface area contributed by atoms with Crippen molar-refractivity contribution in [3.05, 3.63) is 11.6 Å². The minimum atomic E-state index is -1.11. The summed E-state index contributed by atoms with van der Waals surface area (Å²) >= 11 is 0. The molecule has 5 N–H and O–H groups in total. The normalized spacial score (nSPS) is 10.0. The van der Waals surface area contributed by atoms with E-state index in [1.54, 1.807) is 0 Å². The number of carboxylic acids is 1. The van der Waals surface area contributed by atoms with Crippen LogP contribution in [0, 0.1) is 0 Å². The lowest BCUT2D eigenvalue weighted by Gasteiger charge is -2.01. The first-order valence-electron chi connectivity index (χ1n) is 4.67. The fourth-order valence-electron chi connectivity index (χ4n) is 0.421. The fourth-order valence-corrected chi connectivity index (χ4v) is 0.421. The minimum absolute atomic E-state index is 0. The first kappa shape index (κ1) is 20.4. The van der Waals surface area contributed by atoms with Gasteiger partial charge < -0.3 is 16.6 Å². The SMILES string of the molecule is CC=C(C)C.Cl.NC(=O)CC[C@H](N)C(=O)O. The molecule has 0 aromatic rings. The van der Waals surface area contributed by atoms with Gasteiger partial charge in [0.1, 0.15) is 6.04 Å². The predicted molar refractivity (Wildman–Crippen MR) is 66.4 cm³/mol. The molecule has 0 heterocycles. The molecule has 0 saturated heterocycles. The van der Waals surface area contributed by atoms with Crippen molar-refractivity contribution in [2.24, 2.45) is 11.5 Å². The molecule has 0 aliphatic carbocycles. The van der Waals surface area contributed by atoms with Gasteiger partial charge in [0.15, 0.2) is 0 Å². The van der Waals surface area contributed by atoms with Gasteiger partial charge in [0.2, 0.25) is 5.91 Å². The highest BCUT2D eigenvalue weighted by atomic mass is 35.5. The van der Waals surface area contributed by atoms with E-state index >= 15 is 0 Å². The van der Waals surface area contributed by atoms with Crippen LogP contribution in [0.4, 0.5) is 0 Å². The van der Waals surface area contributed by atoms with Crippen molar-refractivity contribution in [3.63, 3.8) is 0 Å². The van der Waals surface area contributed by atoms with Crippen molar-refractivity contribution in [2.75, 3.05) is 0 Å². The molecule has 0 radical (unpaired) electrons. The smallest absolute Gasteiger partial charge is 0.320 e. The van der Waals surface area contributed by atoms with E-state index in [-0.39, 0.29) is 25.2 Å². The number of halogens is 1. The third kappa shape index (κ3) is 18.7. The van der Waals surface area contributed by atoms with E-state index in [0.717, 1.165) is 0 Å². The fraction of sp³-hybridized carbons (Fsp3) is 0.600.